The van der Waals surface area contributed by atoms with Crippen LogP contribution in [0.15, 0.2) is 73.2 Å². The summed E-state index contributed by atoms with van der Waals surface area (Å²) >= 11 is 0. The summed E-state index contributed by atoms with van der Waals surface area (Å²) in [5.74, 6) is 0.318. The van der Waals surface area contributed by atoms with Crippen molar-refractivity contribution in [1.82, 2.24) is 14.9 Å². The first kappa shape index (κ1) is 29.0. The van der Waals surface area contributed by atoms with E-state index in [9.17, 15) is 9.59 Å². The zero-order chi connectivity index (χ0) is 25.1. The highest BCUT2D eigenvalue weighted by Gasteiger charge is 2.25. The number of nitrogens with one attached hydrogen (secondary N) is 2. The van der Waals surface area contributed by atoms with E-state index in [0.29, 0.717) is 38.2 Å². The molecule has 2 N–H and O–H groups in total. The summed E-state index contributed by atoms with van der Waals surface area (Å²) in [6, 6.07) is 19.9. The number of hydrogen-bond acceptors (Lipinski definition) is 4. The molecule has 9 heteroatoms. The van der Waals surface area contributed by atoms with Gasteiger partial charge < -0.3 is 20.1 Å². The molecule has 200 valence electrons. The number of aromatic nitrogens is 2. The highest BCUT2D eigenvalue weighted by Crippen LogP contribution is 2.31. The highest BCUT2D eigenvalue weighted by molar-refractivity contribution is 6.07. The van der Waals surface area contributed by atoms with Crippen molar-refractivity contribution in [1.29, 1.82) is 0 Å². The molecule has 0 radical (unpaired) electrons. The first-order valence-electron chi connectivity index (χ1n) is 12.4. The molecule has 0 unspecified atom stereocenters. The number of carbonyl (C=O) groups excluding carboxylic acids is 2. The Bertz CT molecular complexity index is 1390. The van der Waals surface area contributed by atoms with Gasteiger partial charge in [-0.05, 0) is 40.5 Å². The van der Waals surface area contributed by atoms with E-state index in [4.69, 9.17) is 0 Å². The summed E-state index contributed by atoms with van der Waals surface area (Å²) in [5.41, 5.74) is 4.53. The molecular weight excluding hydrogens is 521 g/mol. The monoisotopic (exact) mass is 553 g/mol. The Kier molecular flexibility index (Phi) is 9.78. The minimum absolute atomic E-state index is 0. The standard InChI is InChI=1S/C29H31N5O2.2ClH/c1-20(2)14-28(35)32-23-11-10-22-17-34(13-12-33(27(22)15-23)18-24-16-30-19-31-24)29(36)26-9-5-7-21-6-3-4-8-25(21)26;;/h3-11,15-16,19-20H,12-14,17-18H2,1-2H3,(H,30,31)(H,32,35);2*1H. The van der Waals surface area contributed by atoms with E-state index in [-0.39, 0.29) is 42.5 Å². The Morgan fingerprint density at radius 1 is 1.03 bits per heavy atom. The maximum atomic E-state index is 13.7. The quantitative estimate of drug-likeness (QED) is 0.304. The van der Waals surface area contributed by atoms with Gasteiger partial charge in [0, 0.05) is 49.2 Å². The Hall–Kier alpha value is -3.55. The van der Waals surface area contributed by atoms with Crippen LogP contribution in [0.4, 0.5) is 11.4 Å². The predicted octanol–water partition coefficient (Wildman–Crippen LogP) is 6.05. The summed E-state index contributed by atoms with van der Waals surface area (Å²) in [6.45, 7) is 6.43. The SMILES string of the molecule is CC(C)CC(=O)Nc1ccc2c(c1)N(Cc1cnc[nH]1)CCN(C(=O)c1cccc3ccccc13)C2.Cl.Cl. The molecule has 5 rings (SSSR count). The molecule has 38 heavy (non-hydrogen) atoms. The van der Waals surface area contributed by atoms with Gasteiger partial charge in [0.15, 0.2) is 0 Å². The second-order valence-corrected chi connectivity index (χ2v) is 9.74. The Morgan fingerprint density at radius 3 is 2.58 bits per heavy atom. The molecule has 1 aliphatic heterocycles. The molecule has 7 nitrogen and oxygen atoms in total. The van der Waals surface area contributed by atoms with Gasteiger partial charge in [0.25, 0.3) is 5.91 Å². The van der Waals surface area contributed by atoms with Gasteiger partial charge in [-0.3, -0.25) is 9.59 Å². The van der Waals surface area contributed by atoms with Crippen molar-refractivity contribution in [2.45, 2.75) is 33.4 Å². The van der Waals surface area contributed by atoms with Gasteiger partial charge >= 0.3 is 0 Å². The number of amides is 2. The summed E-state index contributed by atoms with van der Waals surface area (Å²) < 4.78 is 0. The van der Waals surface area contributed by atoms with Crippen molar-refractivity contribution in [3.63, 3.8) is 0 Å². The largest absolute Gasteiger partial charge is 0.364 e. The normalized spacial score (nSPS) is 12.8. The fourth-order valence-electron chi connectivity index (χ4n) is 4.80. The zero-order valence-corrected chi connectivity index (χ0v) is 23.1. The first-order chi connectivity index (χ1) is 17.5. The third-order valence-corrected chi connectivity index (χ3v) is 6.53. The number of imidazole rings is 1. The van der Waals surface area contributed by atoms with E-state index in [1.165, 1.54) is 0 Å². The Labute approximate surface area is 235 Å². The van der Waals surface area contributed by atoms with E-state index in [2.05, 4.69) is 20.2 Å². The van der Waals surface area contributed by atoms with Crippen LogP contribution in [0.5, 0.6) is 0 Å². The van der Waals surface area contributed by atoms with Crippen LogP contribution >= 0.6 is 24.8 Å². The predicted molar refractivity (Wildman–Crippen MR) is 157 cm³/mol. The number of aromatic amines is 1. The lowest BCUT2D eigenvalue weighted by molar-refractivity contribution is -0.116. The summed E-state index contributed by atoms with van der Waals surface area (Å²) in [5, 5.41) is 5.06. The molecule has 1 aromatic heterocycles. The van der Waals surface area contributed by atoms with Gasteiger partial charge in [0.05, 0.1) is 18.6 Å². The smallest absolute Gasteiger partial charge is 0.254 e. The number of rotatable bonds is 6. The lowest BCUT2D eigenvalue weighted by Gasteiger charge is -2.25. The van der Waals surface area contributed by atoms with Crippen molar-refractivity contribution >= 4 is 58.8 Å². The number of benzene rings is 3. The molecule has 0 fully saturated rings. The average Bonchev–Trinajstić information content (AvgIpc) is 3.31. The van der Waals surface area contributed by atoms with Gasteiger partial charge in [-0.1, -0.05) is 56.3 Å². The van der Waals surface area contributed by atoms with Crippen LogP contribution in [0.1, 0.15) is 41.9 Å². The van der Waals surface area contributed by atoms with Gasteiger partial charge in [0.2, 0.25) is 5.91 Å². The Balaban J connectivity index is 0.00000200. The Morgan fingerprint density at radius 2 is 1.82 bits per heavy atom. The third-order valence-electron chi connectivity index (χ3n) is 6.53. The molecular formula is C29H33Cl2N5O2. The fraction of sp³-hybridized carbons (Fsp3) is 0.276. The van der Waals surface area contributed by atoms with Crippen LogP contribution in [0.25, 0.3) is 10.8 Å². The lowest BCUT2D eigenvalue weighted by atomic mass is 10.0. The summed E-state index contributed by atoms with van der Waals surface area (Å²) in [7, 11) is 0. The molecule has 0 saturated heterocycles. The molecule has 4 aromatic rings. The van der Waals surface area contributed by atoms with E-state index in [0.717, 1.165) is 33.4 Å². The van der Waals surface area contributed by atoms with Crippen molar-refractivity contribution < 1.29 is 9.59 Å². The van der Waals surface area contributed by atoms with Gasteiger partial charge in [-0.15, -0.1) is 24.8 Å². The van der Waals surface area contributed by atoms with Crippen molar-refractivity contribution in [3.05, 3.63) is 90.0 Å². The first-order valence-corrected chi connectivity index (χ1v) is 12.4. The number of halogens is 2. The second kappa shape index (κ2) is 12.8. The minimum atomic E-state index is 0. The molecule has 3 aromatic carbocycles. The lowest BCUT2D eigenvalue weighted by Crippen LogP contribution is -2.35. The van der Waals surface area contributed by atoms with Crippen LogP contribution < -0.4 is 10.2 Å². The maximum absolute atomic E-state index is 13.7. The third kappa shape index (κ3) is 6.47. The molecule has 0 saturated carbocycles. The van der Waals surface area contributed by atoms with Gasteiger partial charge in [0.1, 0.15) is 0 Å². The van der Waals surface area contributed by atoms with Gasteiger partial charge in [-0.25, -0.2) is 4.98 Å². The number of hydrogen-bond donors (Lipinski definition) is 2. The van der Waals surface area contributed by atoms with Crippen molar-refractivity contribution in [2.24, 2.45) is 5.92 Å². The molecule has 2 heterocycles. The van der Waals surface area contributed by atoms with Crippen LogP contribution in [-0.4, -0.2) is 39.8 Å². The number of H-pyrrole nitrogens is 1. The second-order valence-electron chi connectivity index (χ2n) is 9.74. The average molecular weight is 555 g/mol. The number of fused-ring (bicyclic) bond motifs is 2. The molecule has 0 bridgehead atoms. The highest BCUT2D eigenvalue weighted by atomic mass is 35.5. The zero-order valence-electron chi connectivity index (χ0n) is 21.5. The van der Waals surface area contributed by atoms with Crippen LogP contribution in [0.3, 0.4) is 0 Å². The van der Waals surface area contributed by atoms with Crippen molar-refractivity contribution in [3.8, 4) is 0 Å². The van der Waals surface area contributed by atoms with Gasteiger partial charge in [-0.2, -0.15) is 0 Å². The maximum Gasteiger partial charge on any atom is 0.254 e. The van der Waals surface area contributed by atoms with E-state index >= 15 is 0 Å². The van der Waals surface area contributed by atoms with E-state index < -0.39 is 0 Å². The molecule has 0 atom stereocenters. The number of nitrogens with zero attached hydrogens (tertiary/aromatic N) is 3. The molecule has 2 amide bonds. The summed E-state index contributed by atoms with van der Waals surface area (Å²) in [4.78, 5) is 37.7. The van der Waals surface area contributed by atoms with Crippen LogP contribution in [-0.2, 0) is 17.9 Å². The minimum Gasteiger partial charge on any atom is -0.364 e. The van der Waals surface area contributed by atoms with E-state index in [1.54, 1.807) is 6.33 Å². The van der Waals surface area contributed by atoms with Crippen molar-refractivity contribution in [2.75, 3.05) is 23.3 Å². The molecule has 1 aliphatic rings. The fourth-order valence-corrected chi connectivity index (χ4v) is 4.80. The summed E-state index contributed by atoms with van der Waals surface area (Å²) in [6.07, 6.45) is 3.97. The number of anilines is 2. The number of carbonyl (C=O) groups is 2. The van der Waals surface area contributed by atoms with Crippen LogP contribution in [0.2, 0.25) is 0 Å². The van der Waals surface area contributed by atoms with Crippen LogP contribution in [0, 0.1) is 5.92 Å². The van der Waals surface area contributed by atoms with E-state index in [1.807, 2.05) is 85.6 Å². The molecule has 0 spiro atoms. The topological polar surface area (TPSA) is 81.3 Å². The molecule has 0 aliphatic carbocycles.